The van der Waals surface area contributed by atoms with Crippen molar-refractivity contribution < 1.29 is 27.8 Å². The Bertz CT molecular complexity index is 1990. The van der Waals surface area contributed by atoms with Gasteiger partial charge < -0.3 is 19.6 Å². The number of amides is 1. The zero-order valence-corrected chi connectivity index (χ0v) is 28.1. The van der Waals surface area contributed by atoms with Crippen molar-refractivity contribution >= 4 is 33.4 Å². The van der Waals surface area contributed by atoms with Crippen molar-refractivity contribution in [2.24, 2.45) is 11.3 Å². The van der Waals surface area contributed by atoms with Gasteiger partial charge in [0.15, 0.2) is 5.82 Å². The minimum Gasteiger partial charge on any atom is -0.508 e. The Balaban J connectivity index is 1.28. The summed E-state index contributed by atoms with van der Waals surface area (Å²) in [6.45, 7) is 4.20. The van der Waals surface area contributed by atoms with Crippen LogP contribution in [0.3, 0.4) is 0 Å². The Hall–Kier alpha value is -4.19. The van der Waals surface area contributed by atoms with Gasteiger partial charge in [0.1, 0.15) is 41.4 Å². The molecule has 2 bridgehead atoms. The van der Waals surface area contributed by atoms with Gasteiger partial charge in [-0.1, -0.05) is 13.0 Å². The van der Waals surface area contributed by atoms with Crippen molar-refractivity contribution in [1.29, 1.82) is 0 Å². The lowest BCUT2D eigenvalue weighted by Gasteiger charge is -2.41. The van der Waals surface area contributed by atoms with E-state index in [1.54, 1.807) is 25.1 Å². The number of fused-ring (bicyclic) bond motifs is 5. The molecule has 1 aliphatic carbocycles. The number of alkyl halides is 1. The van der Waals surface area contributed by atoms with Crippen molar-refractivity contribution in [1.82, 2.24) is 24.8 Å². The quantitative estimate of drug-likeness (QED) is 0.254. The second kappa shape index (κ2) is 11.7. The number of piperidine rings is 1. The molecule has 258 valence electrons. The molecule has 1 amide bonds. The number of phenols is 1. The minimum atomic E-state index is -0.938. The normalized spacial score (nSPS) is 26.5. The van der Waals surface area contributed by atoms with Crippen molar-refractivity contribution in [3.8, 4) is 23.0 Å². The monoisotopic (exact) mass is 674 g/mol. The van der Waals surface area contributed by atoms with E-state index in [2.05, 4.69) is 14.9 Å². The van der Waals surface area contributed by atoms with Crippen LogP contribution in [0.1, 0.15) is 51.0 Å². The maximum absolute atomic E-state index is 17.0. The summed E-state index contributed by atoms with van der Waals surface area (Å²) in [6, 6.07) is 5.80. The van der Waals surface area contributed by atoms with Gasteiger partial charge in [-0.3, -0.25) is 14.7 Å². The van der Waals surface area contributed by atoms with E-state index < -0.39 is 28.8 Å². The second-order valence-electron chi connectivity index (χ2n) is 14.8. The number of aryl methyl sites for hydroxylation is 1. The number of halogens is 3. The fraction of sp³-hybridized carbons (Fsp3) is 0.514. The Kier molecular flexibility index (Phi) is 7.66. The number of carbonyl (C=O) groups excluding carboxylic acids is 1. The van der Waals surface area contributed by atoms with Crippen LogP contribution in [0.2, 0.25) is 0 Å². The number of nitrogens with zero attached hydrogens (tertiary/aromatic N) is 6. The largest absolute Gasteiger partial charge is 0.508 e. The number of phenolic OH excluding ortho intramolecular Hbond substituents is 1. The van der Waals surface area contributed by atoms with Gasteiger partial charge in [-0.2, -0.15) is 9.97 Å². The molecule has 0 spiro atoms. The van der Waals surface area contributed by atoms with Gasteiger partial charge in [0.05, 0.1) is 16.3 Å². The summed E-state index contributed by atoms with van der Waals surface area (Å²) in [5, 5.41) is 12.0. The number of hydrogen-bond donors (Lipinski definition) is 1. The lowest BCUT2D eigenvalue weighted by Crippen LogP contribution is -2.51. The number of carbonyl (C=O) groups is 1. The zero-order valence-electron chi connectivity index (χ0n) is 28.1. The van der Waals surface area contributed by atoms with Crippen LogP contribution in [-0.4, -0.2) is 94.4 Å². The number of benzene rings is 2. The second-order valence-corrected chi connectivity index (χ2v) is 14.8. The van der Waals surface area contributed by atoms with E-state index in [0.717, 1.165) is 38.6 Å². The van der Waals surface area contributed by atoms with Crippen LogP contribution in [0.4, 0.5) is 19.0 Å². The molecule has 49 heavy (non-hydrogen) atoms. The highest BCUT2D eigenvalue weighted by molar-refractivity contribution is 6.02. The molecular formula is C37H41F3N6O3. The first-order valence-corrected chi connectivity index (χ1v) is 17.3. The predicted octanol–water partition coefficient (Wildman–Crippen LogP) is 6.04. The summed E-state index contributed by atoms with van der Waals surface area (Å²) >= 11 is 0. The van der Waals surface area contributed by atoms with Crippen LogP contribution in [-0.2, 0) is 11.2 Å². The van der Waals surface area contributed by atoms with Gasteiger partial charge in [-0.25, -0.2) is 13.2 Å². The molecule has 12 heteroatoms. The van der Waals surface area contributed by atoms with Crippen molar-refractivity contribution in [3.05, 3.63) is 47.7 Å². The average Bonchev–Trinajstić information content (AvgIpc) is 3.72. The number of anilines is 1. The average molecular weight is 675 g/mol. The van der Waals surface area contributed by atoms with Gasteiger partial charge >= 0.3 is 6.01 Å². The molecule has 9 nitrogen and oxygen atoms in total. The highest BCUT2D eigenvalue weighted by Crippen LogP contribution is 2.49. The Morgan fingerprint density at radius 1 is 1.14 bits per heavy atom. The summed E-state index contributed by atoms with van der Waals surface area (Å²) < 4.78 is 53.0. The zero-order chi connectivity index (χ0) is 34.2. The Morgan fingerprint density at radius 2 is 1.98 bits per heavy atom. The summed E-state index contributed by atoms with van der Waals surface area (Å²) in [7, 11) is 3.54. The fourth-order valence-electron chi connectivity index (χ4n) is 9.37. The van der Waals surface area contributed by atoms with E-state index in [1.807, 2.05) is 11.8 Å². The first-order valence-electron chi connectivity index (χ1n) is 17.3. The summed E-state index contributed by atoms with van der Waals surface area (Å²) in [5.74, 6) is -0.528. The first kappa shape index (κ1) is 32.0. The Labute approximate surface area is 283 Å². The number of ether oxygens (including phenoxy) is 1. The fourth-order valence-corrected chi connectivity index (χ4v) is 9.37. The van der Waals surface area contributed by atoms with Crippen molar-refractivity contribution in [3.63, 3.8) is 0 Å². The van der Waals surface area contributed by atoms with Crippen molar-refractivity contribution in [2.75, 3.05) is 51.8 Å². The summed E-state index contributed by atoms with van der Waals surface area (Å²) in [5.41, 5.74) is -0.519. The van der Waals surface area contributed by atoms with E-state index in [0.29, 0.717) is 60.0 Å². The lowest BCUT2D eigenvalue weighted by molar-refractivity contribution is -0.139. The maximum atomic E-state index is 17.0. The van der Waals surface area contributed by atoms with Crippen LogP contribution in [0.15, 0.2) is 30.5 Å². The van der Waals surface area contributed by atoms with Gasteiger partial charge in [-0.15, -0.1) is 0 Å². The van der Waals surface area contributed by atoms with E-state index in [4.69, 9.17) is 9.72 Å². The molecule has 3 aliphatic heterocycles. The minimum absolute atomic E-state index is 0.0302. The van der Waals surface area contributed by atoms with E-state index in [9.17, 15) is 14.3 Å². The van der Waals surface area contributed by atoms with Crippen LogP contribution in [0, 0.1) is 23.0 Å². The van der Waals surface area contributed by atoms with Gasteiger partial charge in [0, 0.05) is 51.9 Å². The lowest BCUT2D eigenvalue weighted by atomic mass is 9.80. The Morgan fingerprint density at radius 3 is 2.78 bits per heavy atom. The van der Waals surface area contributed by atoms with Crippen molar-refractivity contribution in [2.45, 2.75) is 63.6 Å². The summed E-state index contributed by atoms with van der Waals surface area (Å²) in [6.07, 6.45) is 5.48. The standard InChI is InChI=1S/C37H41F3N6O3/c1-4-25-28(39)7-6-22-12-24(47)13-26(29(22)25)31-30(40)32-27(16-41-31)33(45-17-21-8-10-36(14-21,19-45)34(48)44(2)3)43-35(42-32)49-20-37-9-5-11-46(37)18-23(38)15-37/h6-7,12-13,16,21,23,47H,4-5,8-11,14-15,17-20H2,1-3H3/t21?,23-,36?,37+/m1/s1. The smallest absolute Gasteiger partial charge is 0.319 e. The SMILES string of the molecule is CCc1c(F)ccc2cc(O)cc(-c3ncc4c(N5CC6CCC(C(=O)N(C)C)(C6)C5)nc(OC[C@@]56CCCN5C[C@H](F)C6)nc4c3F)c12. The molecule has 0 radical (unpaired) electrons. The molecule has 2 unspecified atom stereocenters. The molecule has 4 aliphatic rings. The number of hydrogen-bond acceptors (Lipinski definition) is 8. The molecule has 4 fully saturated rings. The number of aromatic nitrogens is 3. The molecule has 1 saturated carbocycles. The third-order valence-electron chi connectivity index (χ3n) is 11.5. The van der Waals surface area contributed by atoms with Crippen LogP contribution < -0.4 is 9.64 Å². The molecule has 2 aromatic heterocycles. The maximum Gasteiger partial charge on any atom is 0.319 e. The molecule has 8 rings (SSSR count). The third kappa shape index (κ3) is 5.16. The third-order valence-corrected chi connectivity index (χ3v) is 11.5. The number of pyridine rings is 1. The van der Waals surface area contributed by atoms with E-state index >= 15 is 8.78 Å². The van der Waals surface area contributed by atoms with E-state index in [-0.39, 0.29) is 47.0 Å². The van der Waals surface area contributed by atoms with Gasteiger partial charge in [0.2, 0.25) is 5.91 Å². The van der Waals surface area contributed by atoms with Crippen LogP contribution >= 0.6 is 0 Å². The first-order chi connectivity index (χ1) is 23.5. The molecule has 4 aromatic rings. The molecule has 2 aromatic carbocycles. The van der Waals surface area contributed by atoms with Crippen LogP contribution in [0.5, 0.6) is 11.8 Å². The molecule has 1 N–H and O–H groups in total. The summed E-state index contributed by atoms with van der Waals surface area (Å²) in [4.78, 5) is 33.4. The predicted molar refractivity (Wildman–Crippen MR) is 180 cm³/mol. The molecule has 3 saturated heterocycles. The van der Waals surface area contributed by atoms with Gasteiger partial charge in [-0.05, 0) is 85.5 Å². The molecule has 5 heterocycles. The van der Waals surface area contributed by atoms with Gasteiger partial charge in [0.25, 0.3) is 0 Å². The highest BCUT2D eigenvalue weighted by atomic mass is 19.1. The number of rotatable bonds is 7. The van der Waals surface area contributed by atoms with E-state index in [1.165, 1.54) is 24.4 Å². The topological polar surface area (TPSA) is 94.9 Å². The molecular weight excluding hydrogens is 633 g/mol. The highest BCUT2D eigenvalue weighted by Gasteiger charge is 2.52. The molecule has 4 atom stereocenters. The van der Waals surface area contributed by atoms with Crippen LogP contribution in [0.25, 0.3) is 32.9 Å². The number of aromatic hydroxyl groups is 1.